The maximum absolute atomic E-state index is 5.37. The molecule has 4 heteroatoms. The van der Waals surface area contributed by atoms with Crippen LogP contribution in [0.4, 0.5) is 0 Å². The van der Waals surface area contributed by atoms with Gasteiger partial charge in [0.05, 0.1) is 6.10 Å². The lowest BCUT2D eigenvalue weighted by atomic mass is 10.1. The van der Waals surface area contributed by atoms with Crippen LogP contribution >= 0.6 is 11.8 Å². The molecule has 0 aromatic carbocycles. The van der Waals surface area contributed by atoms with Gasteiger partial charge in [0.15, 0.2) is 0 Å². The molecular weight excluding hydrogens is 208 g/mol. The highest BCUT2D eigenvalue weighted by atomic mass is 32.2. The number of rotatable bonds is 3. The Morgan fingerprint density at radius 2 is 2.40 bits per heavy atom. The average molecular weight is 230 g/mol. The van der Waals surface area contributed by atoms with Crippen molar-refractivity contribution < 1.29 is 4.74 Å². The summed E-state index contributed by atoms with van der Waals surface area (Å²) < 4.78 is 5.37. The SMILES string of the molecule is COC1CNC(CN2CCSCC2C)C1. The first-order valence-corrected chi connectivity index (χ1v) is 7.03. The van der Waals surface area contributed by atoms with Crippen LogP contribution in [0.2, 0.25) is 0 Å². The zero-order valence-electron chi connectivity index (χ0n) is 9.74. The Bertz CT molecular complexity index is 203. The van der Waals surface area contributed by atoms with E-state index in [1.165, 1.54) is 31.0 Å². The zero-order valence-corrected chi connectivity index (χ0v) is 10.6. The predicted molar refractivity (Wildman–Crippen MR) is 65.6 cm³/mol. The number of thioether (sulfide) groups is 1. The molecule has 0 amide bonds. The van der Waals surface area contributed by atoms with Gasteiger partial charge in [-0.25, -0.2) is 0 Å². The van der Waals surface area contributed by atoms with Crippen molar-refractivity contribution in [2.75, 3.05) is 38.2 Å². The Morgan fingerprint density at radius 1 is 1.53 bits per heavy atom. The minimum absolute atomic E-state index is 0.435. The third-order valence-electron chi connectivity index (χ3n) is 3.48. The molecule has 3 unspecified atom stereocenters. The van der Waals surface area contributed by atoms with E-state index in [2.05, 4.69) is 28.9 Å². The topological polar surface area (TPSA) is 24.5 Å². The molecule has 0 spiro atoms. The highest BCUT2D eigenvalue weighted by molar-refractivity contribution is 7.99. The van der Waals surface area contributed by atoms with Crippen molar-refractivity contribution in [1.29, 1.82) is 0 Å². The fourth-order valence-corrected chi connectivity index (χ4v) is 3.50. The normalized spacial score (nSPS) is 38.4. The van der Waals surface area contributed by atoms with Gasteiger partial charge >= 0.3 is 0 Å². The van der Waals surface area contributed by atoms with Crippen molar-refractivity contribution in [3.63, 3.8) is 0 Å². The standard InChI is InChI=1S/C11H22N2OS/c1-9-8-15-4-3-13(9)7-10-5-11(14-2)6-12-10/h9-12H,3-8H2,1-2H3. The van der Waals surface area contributed by atoms with Crippen LogP contribution in [-0.4, -0.2) is 61.3 Å². The smallest absolute Gasteiger partial charge is 0.0711 e. The van der Waals surface area contributed by atoms with Crippen molar-refractivity contribution in [3.8, 4) is 0 Å². The molecule has 0 aliphatic carbocycles. The summed E-state index contributed by atoms with van der Waals surface area (Å²) in [5, 5.41) is 3.55. The summed E-state index contributed by atoms with van der Waals surface area (Å²) in [5.74, 6) is 2.59. The van der Waals surface area contributed by atoms with Gasteiger partial charge in [0.1, 0.15) is 0 Å². The summed E-state index contributed by atoms with van der Waals surface area (Å²) in [6.07, 6.45) is 1.61. The van der Waals surface area contributed by atoms with E-state index in [0.29, 0.717) is 12.1 Å². The second-order valence-corrected chi connectivity index (χ2v) is 5.77. The second kappa shape index (κ2) is 5.53. The number of nitrogens with one attached hydrogen (secondary N) is 1. The van der Waals surface area contributed by atoms with Crippen molar-refractivity contribution in [2.45, 2.75) is 31.5 Å². The van der Waals surface area contributed by atoms with E-state index in [1.54, 1.807) is 0 Å². The van der Waals surface area contributed by atoms with Crippen LogP contribution in [0.3, 0.4) is 0 Å². The third-order valence-corrected chi connectivity index (χ3v) is 4.66. The number of methoxy groups -OCH3 is 1. The molecule has 0 bridgehead atoms. The molecular formula is C11H22N2OS. The number of hydrogen-bond acceptors (Lipinski definition) is 4. The lowest BCUT2D eigenvalue weighted by Gasteiger charge is -2.34. The maximum atomic E-state index is 5.37. The minimum atomic E-state index is 0.435. The molecule has 2 fully saturated rings. The Labute approximate surface area is 96.9 Å². The van der Waals surface area contributed by atoms with Crippen molar-refractivity contribution in [2.24, 2.45) is 0 Å². The van der Waals surface area contributed by atoms with Gasteiger partial charge in [-0.3, -0.25) is 4.90 Å². The molecule has 3 nitrogen and oxygen atoms in total. The summed E-state index contributed by atoms with van der Waals surface area (Å²) in [6.45, 7) is 5.82. The molecule has 88 valence electrons. The average Bonchev–Trinajstić information content (AvgIpc) is 2.69. The van der Waals surface area contributed by atoms with Gasteiger partial charge in [0.25, 0.3) is 0 Å². The third kappa shape index (κ3) is 3.09. The molecule has 15 heavy (non-hydrogen) atoms. The first kappa shape index (κ1) is 11.7. The largest absolute Gasteiger partial charge is 0.380 e. The summed E-state index contributed by atoms with van der Waals surface area (Å²) in [5.41, 5.74) is 0. The van der Waals surface area contributed by atoms with Crippen molar-refractivity contribution >= 4 is 11.8 Å². The molecule has 2 saturated heterocycles. The summed E-state index contributed by atoms with van der Waals surface area (Å²) >= 11 is 2.08. The highest BCUT2D eigenvalue weighted by Gasteiger charge is 2.27. The fourth-order valence-electron chi connectivity index (χ4n) is 2.42. The second-order valence-electron chi connectivity index (χ2n) is 4.62. The Hall–Kier alpha value is 0.230. The van der Waals surface area contributed by atoms with Gasteiger partial charge in [0.2, 0.25) is 0 Å². The van der Waals surface area contributed by atoms with Gasteiger partial charge in [-0.05, 0) is 13.3 Å². The molecule has 2 aliphatic rings. The summed E-state index contributed by atoms with van der Waals surface area (Å²) in [6, 6.07) is 1.38. The number of hydrogen-bond donors (Lipinski definition) is 1. The number of nitrogens with zero attached hydrogens (tertiary/aromatic N) is 1. The van der Waals surface area contributed by atoms with Gasteiger partial charge in [0, 0.05) is 50.3 Å². The van der Waals surface area contributed by atoms with Crippen LogP contribution in [-0.2, 0) is 4.74 Å². The van der Waals surface area contributed by atoms with Gasteiger partial charge < -0.3 is 10.1 Å². The predicted octanol–water partition coefficient (Wildman–Crippen LogP) is 0.801. The van der Waals surface area contributed by atoms with Gasteiger partial charge in [-0.2, -0.15) is 11.8 Å². The number of ether oxygens (including phenoxy) is 1. The summed E-state index contributed by atoms with van der Waals surface area (Å²) in [4.78, 5) is 2.62. The maximum Gasteiger partial charge on any atom is 0.0711 e. The molecule has 2 heterocycles. The lowest BCUT2D eigenvalue weighted by Crippen LogP contribution is -2.46. The first-order chi connectivity index (χ1) is 7.29. The van der Waals surface area contributed by atoms with Gasteiger partial charge in [-0.15, -0.1) is 0 Å². The fraction of sp³-hybridized carbons (Fsp3) is 1.00. The van der Waals surface area contributed by atoms with E-state index in [-0.39, 0.29) is 0 Å². The van der Waals surface area contributed by atoms with Crippen molar-refractivity contribution in [1.82, 2.24) is 10.2 Å². The van der Waals surface area contributed by atoms with E-state index in [0.717, 1.165) is 12.6 Å². The molecule has 0 radical (unpaired) electrons. The first-order valence-electron chi connectivity index (χ1n) is 5.87. The van der Waals surface area contributed by atoms with Crippen LogP contribution < -0.4 is 5.32 Å². The Balaban J connectivity index is 1.76. The van der Waals surface area contributed by atoms with E-state index in [4.69, 9.17) is 4.74 Å². The summed E-state index contributed by atoms with van der Waals surface area (Å²) in [7, 11) is 1.81. The van der Waals surface area contributed by atoms with Crippen LogP contribution in [0.25, 0.3) is 0 Å². The molecule has 1 N–H and O–H groups in total. The van der Waals surface area contributed by atoms with Crippen LogP contribution in [0, 0.1) is 0 Å². The zero-order chi connectivity index (χ0) is 10.7. The molecule has 0 saturated carbocycles. The quantitative estimate of drug-likeness (QED) is 0.775. The van der Waals surface area contributed by atoms with E-state index in [1.807, 2.05) is 7.11 Å². The lowest BCUT2D eigenvalue weighted by molar-refractivity contribution is 0.114. The minimum Gasteiger partial charge on any atom is -0.380 e. The van der Waals surface area contributed by atoms with Crippen LogP contribution in [0.1, 0.15) is 13.3 Å². The van der Waals surface area contributed by atoms with E-state index in [9.17, 15) is 0 Å². The molecule has 3 atom stereocenters. The molecule has 0 aromatic rings. The monoisotopic (exact) mass is 230 g/mol. The Morgan fingerprint density at radius 3 is 3.07 bits per heavy atom. The van der Waals surface area contributed by atoms with E-state index < -0.39 is 0 Å². The Kier molecular flexibility index (Phi) is 4.31. The molecule has 2 rings (SSSR count). The molecule has 0 aromatic heterocycles. The highest BCUT2D eigenvalue weighted by Crippen LogP contribution is 2.18. The van der Waals surface area contributed by atoms with Gasteiger partial charge in [-0.1, -0.05) is 0 Å². The van der Waals surface area contributed by atoms with Crippen molar-refractivity contribution in [3.05, 3.63) is 0 Å². The molecule has 2 aliphatic heterocycles. The van der Waals surface area contributed by atoms with Crippen LogP contribution in [0.15, 0.2) is 0 Å². The van der Waals surface area contributed by atoms with E-state index >= 15 is 0 Å². The van der Waals surface area contributed by atoms with Crippen LogP contribution in [0.5, 0.6) is 0 Å².